The molecule has 0 saturated carbocycles. The Morgan fingerprint density at radius 3 is 2.42 bits per heavy atom. The minimum Gasteiger partial charge on any atom is -0.323 e. The van der Waals surface area contributed by atoms with E-state index in [-0.39, 0.29) is 5.41 Å². The number of rotatable bonds is 4. The lowest BCUT2D eigenvalue weighted by molar-refractivity contribution is 0.473. The van der Waals surface area contributed by atoms with E-state index in [0.29, 0.717) is 0 Å². The molecular weight excluding hydrogens is 150 g/mol. The van der Waals surface area contributed by atoms with Crippen LogP contribution in [-0.4, -0.2) is 19.0 Å². The van der Waals surface area contributed by atoms with Crippen LogP contribution < -0.4 is 5.84 Å². The van der Waals surface area contributed by atoms with E-state index in [1.807, 2.05) is 0 Å². The molecule has 3 nitrogen and oxygen atoms in total. The summed E-state index contributed by atoms with van der Waals surface area (Å²) in [6.07, 6.45) is 3.94. The maximum Gasteiger partial charge on any atom is 0.0834 e. The number of nitrogens with two attached hydrogens (primary N) is 1. The predicted octanol–water partition coefficient (Wildman–Crippen LogP) is 1.83. The van der Waals surface area contributed by atoms with Gasteiger partial charge in [-0.25, -0.2) is 0 Å². The normalized spacial score (nSPS) is 14.2. The minimum absolute atomic E-state index is 0.0447. The van der Waals surface area contributed by atoms with E-state index in [1.165, 1.54) is 0 Å². The largest absolute Gasteiger partial charge is 0.323 e. The van der Waals surface area contributed by atoms with Crippen LogP contribution in [0.4, 0.5) is 0 Å². The molecule has 0 fully saturated rings. The maximum absolute atomic E-state index is 5.27. The average Bonchev–Trinajstić information content (AvgIpc) is 1.99. The highest BCUT2D eigenvalue weighted by atomic mass is 15.1. The van der Waals surface area contributed by atoms with Crippen molar-refractivity contribution in [3.63, 3.8) is 0 Å². The van der Waals surface area contributed by atoms with E-state index in [2.05, 4.69) is 30.9 Å². The van der Waals surface area contributed by atoms with Crippen molar-refractivity contribution in [1.29, 1.82) is 0 Å². The van der Waals surface area contributed by atoms with Crippen molar-refractivity contribution in [2.24, 2.45) is 21.4 Å². The third-order valence-corrected chi connectivity index (χ3v) is 1.96. The van der Waals surface area contributed by atoms with Gasteiger partial charge in [-0.1, -0.05) is 27.2 Å². The highest BCUT2D eigenvalue weighted by Crippen LogP contribution is 2.23. The van der Waals surface area contributed by atoms with E-state index in [0.717, 1.165) is 18.6 Å². The maximum atomic E-state index is 5.27. The standard InChI is InChI=1S/C9H19N3/c1-5-6-9(2,3)8(12-10)7-11-4/h7H,5-6,10H2,1-4H3. The van der Waals surface area contributed by atoms with Crippen LogP contribution >= 0.6 is 0 Å². The average molecular weight is 169 g/mol. The number of hydrogen-bond acceptors (Lipinski definition) is 3. The first-order valence-corrected chi connectivity index (χ1v) is 4.29. The molecule has 0 aliphatic carbocycles. The zero-order valence-electron chi connectivity index (χ0n) is 8.46. The fourth-order valence-corrected chi connectivity index (χ4v) is 1.26. The van der Waals surface area contributed by atoms with Crippen molar-refractivity contribution in [2.75, 3.05) is 7.05 Å². The van der Waals surface area contributed by atoms with Gasteiger partial charge in [0, 0.05) is 18.7 Å². The van der Waals surface area contributed by atoms with Crippen molar-refractivity contribution >= 4 is 11.9 Å². The lowest BCUT2D eigenvalue weighted by Gasteiger charge is -2.22. The Morgan fingerprint density at radius 1 is 1.50 bits per heavy atom. The molecule has 0 aromatic carbocycles. The first-order valence-electron chi connectivity index (χ1n) is 4.29. The summed E-state index contributed by atoms with van der Waals surface area (Å²) >= 11 is 0. The summed E-state index contributed by atoms with van der Waals surface area (Å²) in [6.45, 7) is 6.41. The second kappa shape index (κ2) is 4.91. The monoisotopic (exact) mass is 169 g/mol. The van der Waals surface area contributed by atoms with E-state index in [9.17, 15) is 0 Å². The van der Waals surface area contributed by atoms with Crippen molar-refractivity contribution < 1.29 is 0 Å². The van der Waals surface area contributed by atoms with Gasteiger partial charge in [0.25, 0.3) is 0 Å². The molecule has 0 amide bonds. The van der Waals surface area contributed by atoms with Crippen molar-refractivity contribution in [3.8, 4) is 0 Å². The van der Waals surface area contributed by atoms with E-state index >= 15 is 0 Å². The third-order valence-electron chi connectivity index (χ3n) is 1.96. The minimum atomic E-state index is 0.0447. The number of nitrogens with zero attached hydrogens (tertiary/aromatic N) is 2. The molecule has 0 aromatic rings. The summed E-state index contributed by atoms with van der Waals surface area (Å²) in [7, 11) is 1.73. The first kappa shape index (κ1) is 11.1. The molecule has 0 aliphatic rings. The smallest absolute Gasteiger partial charge is 0.0834 e. The molecule has 0 unspecified atom stereocenters. The Labute approximate surface area is 74.8 Å². The molecule has 0 atom stereocenters. The van der Waals surface area contributed by atoms with E-state index in [1.54, 1.807) is 13.3 Å². The molecule has 0 aromatic heterocycles. The van der Waals surface area contributed by atoms with Crippen LogP contribution in [0.25, 0.3) is 0 Å². The van der Waals surface area contributed by atoms with Crippen LogP contribution in [-0.2, 0) is 0 Å². The van der Waals surface area contributed by atoms with E-state index in [4.69, 9.17) is 5.84 Å². The molecule has 3 heteroatoms. The molecule has 12 heavy (non-hydrogen) atoms. The zero-order valence-corrected chi connectivity index (χ0v) is 8.46. The lowest BCUT2D eigenvalue weighted by atomic mass is 9.83. The van der Waals surface area contributed by atoms with Gasteiger partial charge in [-0.3, -0.25) is 4.99 Å². The summed E-state index contributed by atoms with van der Waals surface area (Å²) in [5, 5.41) is 3.74. The summed E-state index contributed by atoms with van der Waals surface area (Å²) in [4.78, 5) is 3.92. The Morgan fingerprint density at radius 2 is 2.08 bits per heavy atom. The number of hydrazone groups is 1. The van der Waals surface area contributed by atoms with Gasteiger partial charge in [-0.2, -0.15) is 5.10 Å². The van der Waals surface area contributed by atoms with Gasteiger partial charge in [0.2, 0.25) is 0 Å². The summed E-state index contributed by atoms with van der Waals surface area (Å²) in [5.41, 5.74) is 0.912. The van der Waals surface area contributed by atoms with Gasteiger partial charge in [-0.05, 0) is 6.42 Å². The molecule has 0 saturated heterocycles. The van der Waals surface area contributed by atoms with Crippen molar-refractivity contribution in [1.82, 2.24) is 0 Å². The van der Waals surface area contributed by atoms with Crippen LogP contribution in [0.5, 0.6) is 0 Å². The fourth-order valence-electron chi connectivity index (χ4n) is 1.26. The molecule has 0 rings (SSSR count). The zero-order chi connectivity index (χ0) is 9.61. The summed E-state index contributed by atoms with van der Waals surface area (Å²) in [5.74, 6) is 5.27. The molecule has 0 bridgehead atoms. The highest BCUT2D eigenvalue weighted by Gasteiger charge is 2.22. The van der Waals surface area contributed by atoms with Crippen LogP contribution in [0.3, 0.4) is 0 Å². The summed E-state index contributed by atoms with van der Waals surface area (Å²) in [6, 6.07) is 0. The van der Waals surface area contributed by atoms with Gasteiger partial charge in [0.15, 0.2) is 0 Å². The molecule has 0 radical (unpaired) electrons. The van der Waals surface area contributed by atoms with Gasteiger partial charge in [0.05, 0.1) is 5.71 Å². The number of aliphatic imine (C=N–C) groups is 1. The Kier molecular flexibility index (Phi) is 4.55. The van der Waals surface area contributed by atoms with Gasteiger partial charge in [0.1, 0.15) is 0 Å². The summed E-state index contributed by atoms with van der Waals surface area (Å²) < 4.78 is 0. The second-order valence-electron chi connectivity index (χ2n) is 3.54. The quantitative estimate of drug-likeness (QED) is 0.389. The molecular formula is C9H19N3. The van der Waals surface area contributed by atoms with Crippen molar-refractivity contribution in [2.45, 2.75) is 33.6 Å². The Hall–Kier alpha value is -0.860. The van der Waals surface area contributed by atoms with Gasteiger partial charge in [-0.15, -0.1) is 0 Å². The van der Waals surface area contributed by atoms with Gasteiger partial charge >= 0.3 is 0 Å². The molecule has 2 N–H and O–H groups in total. The van der Waals surface area contributed by atoms with E-state index < -0.39 is 0 Å². The predicted molar refractivity (Wildman–Crippen MR) is 54.7 cm³/mol. The Balaban J connectivity index is 4.49. The molecule has 0 aliphatic heterocycles. The van der Waals surface area contributed by atoms with Crippen molar-refractivity contribution in [3.05, 3.63) is 0 Å². The Bertz CT molecular complexity index is 180. The van der Waals surface area contributed by atoms with Gasteiger partial charge < -0.3 is 5.84 Å². The topological polar surface area (TPSA) is 50.7 Å². The second-order valence-corrected chi connectivity index (χ2v) is 3.54. The molecule has 0 heterocycles. The SMILES string of the molecule is CCCC(C)(C)C(C=NC)=NN. The first-order chi connectivity index (χ1) is 5.58. The lowest BCUT2D eigenvalue weighted by Crippen LogP contribution is -2.26. The highest BCUT2D eigenvalue weighted by molar-refractivity contribution is 6.32. The van der Waals surface area contributed by atoms with Crippen LogP contribution in [0, 0.1) is 5.41 Å². The van der Waals surface area contributed by atoms with Crippen LogP contribution in [0.2, 0.25) is 0 Å². The van der Waals surface area contributed by atoms with Crippen LogP contribution in [0.15, 0.2) is 10.1 Å². The number of hydrogen-bond donors (Lipinski definition) is 1. The third kappa shape index (κ3) is 3.03. The van der Waals surface area contributed by atoms with Crippen LogP contribution in [0.1, 0.15) is 33.6 Å². The molecule has 0 spiro atoms. The molecule has 70 valence electrons. The fraction of sp³-hybridized carbons (Fsp3) is 0.778.